The number of methoxy groups -OCH3 is 1. The van der Waals surface area contributed by atoms with Crippen LogP contribution in [0.1, 0.15) is 12.7 Å². The predicted octanol–water partition coefficient (Wildman–Crippen LogP) is 0.710. The first-order chi connectivity index (χ1) is 9.17. The van der Waals surface area contributed by atoms with E-state index in [4.69, 9.17) is 16.3 Å². The summed E-state index contributed by atoms with van der Waals surface area (Å²) in [5.41, 5.74) is 1.22. The highest BCUT2D eigenvalue weighted by molar-refractivity contribution is 6.16. The second-order valence-corrected chi connectivity index (χ2v) is 4.12. The van der Waals surface area contributed by atoms with Crippen LogP contribution in [0, 0.1) is 0 Å². The number of rotatable bonds is 5. The van der Waals surface area contributed by atoms with Crippen LogP contribution in [0.15, 0.2) is 6.33 Å². The Morgan fingerprint density at radius 1 is 1.53 bits per heavy atom. The quantitative estimate of drug-likeness (QED) is 0.817. The van der Waals surface area contributed by atoms with E-state index in [0.29, 0.717) is 36.0 Å². The summed E-state index contributed by atoms with van der Waals surface area (Å²) in [6.07, 6.45) is 1.41. The highest BCUT2D eigenvalue weighted by Gasteiger charge is 2.15. The van der Waals surface area contributed by atoms with Crippen molar-refractivity contribution in [2.24, 2.45) is 0 Å². The molecule has 0 aliphatic rings. The molecule has 0 bridgehead atoms. The van der Waals surface area contributed by atoms with Crippen molar-refractivity contribution in [3.63, 3.8) is 0 Å². The number of alkyl halides is 1. The van der Waals surface area contributed by atoms with Crippen molar-refractivity contribution in [2.75, 3.05) is 13.7 Å². The lowest BCUT2D eigenvalue weighted by molar-refractivity contribution is -0.118. The molecule has 0 fully saturated rings. The average molecular weight is 284 g/mol. The molecule has 0 aliphatic carbocycles. The van der Waals surface area contributed by atoms with E-state index in [1.165, 1.54) is 20.4 Å². The molecule has 0 spiro atoms. The van der Waals surface area contributed by atoms with Crippen LogP contribution in [0.4, 0.5) is 0 Å². The number of carbonyl (C=O) groups excluding carboxylic acids is 1. The number of aromatic nitrogens is 4. The molecule has 1 amide bonds. The van der Waals surface area contributed by atoms with Gasteiger partial charge in [-0.3, -0.25) is 4.79 Å². The van der Waals surface area contributed by atoms with Gasteiger partial charge in [0.1, 0.15) is 12.2 Å². The van der Waals surface area contributed by atoms with Gasteiger partial charge in [-0.15, -0.1) is 11.6 Å². The van der Waals surface area contributed by atoms with Gasteiger partial charge in [-0.2, -0.15) is 4.98 Å². The van der Waals surface area contributed by atoms with Crippen LogP contribution in [0.3, 0.4) is 0 Å². The smallest absolute Gasteiger partial charge is 0.245 e. The third-order valence-electron chi connectivity index (χ3n) is 2.60. The molecule has 102 valence electrons. The molecule has 19 heavy (non-hydrogen) atoms. The Labute approximate surface area is 115 Å². The molecule has 0 aliphatic heterocycles. The number of nitrogens with zero attached hydrogens (tertiary/aromatic N) is 4. The summed E-state index contributed by atoms with van der Waals surface area (Å²) in [5, 5.41) is 2.72. The third kappa shape index (κ3) is 2.76. The molecule has 0 radical (unpaired) electrons. The van der Waals surface area contributed by atoms with Gasteiger partial charge in [-0.1, -0.05) is 0 Å². The van der Waals surface area contributed by atoms with Crippen molar-refractivity contribution >= 4 is 28.7 Å². The highest BCUT2D eigenvalue weighted by Crippen LogP contribution is 2.22. The zero-order valence-electron chi connectivity index (χ0n) is 10.7. The van der Waals surface area contributed by atoms with Crippen LogP contribution in [0.2, 0.25) is 0 Å². The number of ether oxygens (including phenoxy) is 1. The summed E-state index contributed by atoms with van der Waals surface area (Å²) in [5.74, 6) is 1.25. The number of fused-ring (bicyclic) bond motifs is 1. The first kappa shape index (κ1) is 13.5. The molecule has 1 N–H and O–H groups in total. The van der Waals surface area contributed by atoms with Gasteiger partial charge in [0, 0.05) is 20.0 Å². The van der Waals surface area contributed by atoms with Gasteiger partial charge in [0.2, 0.25) is 11.8 Å². The van der Waals surface area contributed by atoms with Crippen molar-refractivity contribution in [3.8, 4) is 5.88 Å². The zero-order chi connectivity index (χ0) is 13.8. The van der Waals surface area contributed by atoms with Gasteiger partial charge < -0.3 is 14.6 Å². The monoisotopic (exact) mass is 283 g/mol. The van der Waals surface area contributed by atoms with Gasteiger partial charge in [0.15, 0.2) is 11.2 Å². The van der Waals surface area contributed by atoms with E-state index in [0.717, 1.165) is 0 Å². The van der Waals surface area contributed by atoms with Crippen molar-refractivity contribution in [3.05, 3.63) is 12.2 Å². The Bertz CT molecular complexity index is 598. The maximum atomic E-state index is 10.9. The van der Waals surface area contributed by atoms with Crippen molar-refractivity contribution in [1.29, 1.82) is 0 Å². The largest absolute Gasteiger partial charge is 0.479 e. The Kier molecular flexibility index (Phi) is 4.16. The summed E-state index contributed by atoms with van der Waals surface area (Å²) in [7, 11) is 1.53. The molecule has 2 heterocycles. The fraction of sp³-hybridized carbons (Fsp3) is 0.455. The second kappa shape index (κ2) is 5.83. The van der Waals surface area contributed by atoms with E-state index in [1.807, 2.05) is 4.57 Å². The Hall–Kier alpha value is -1.89. The van der Waals surface area contributed by atoms with E-state index in [2.05, 4.69) is 20.3 Å². The van der Waals surface area contributed by atoms with E-state index in [-0.39, 0.29) is 11.8 Å². The van der Waals surface area contributed by atoms with Crippen LogP contribution < -0.4 is 10.1 Å². The number of nitrogens with one attached hydrogen (secondary N) is 1. The average Bonchev–Trinajstić information content (AvgIpc) is 2.76. The third-order valence-corrected chi connectivity index (χ3v) is 2.84. The standard InChI is InChI=1S/C11H14ClN5O2/c1-7(18)13-3-4-17-8(5-12)16-9-10(17)14-6-15-11(9)19-2/h6H,3-5H2,1-2H3,(H,13,18). The number of hydrogen-bond donors (Lipinski definition) is 1. The van der Waals surface area contributed by atoms with E-state index in [9.17, 15) is 4.79 Å². The second-order valence-electron chi connectivity index (χ2n) is 3.85. The van der Waals surface area contributed by atoms with Crippen LogP contribution >= 0.6 is 11.6 Å². The number of hydrogen-bond acceptors (Lipinski definition) is 5. The number of amides is 1. The minimum absolute atomic E-state index is 0.0796. The van der Waals surface area contributed by atoms with E-state index >= 15 is 0 Å². The molecule has 2 aromatic rings. The summed E-state index contributed by atoms with van der Waals surface area (Å²) >= 11 is 5.88. The lowest BCUT2D eigenvalue weighted by Crippen LogP contribution is -2.25. The van der Waals surface area contributed by atoms with Crippen molar-refractivity contribution < 1.29 is 9.53 Å². The Morgan fingerprint density at radius 2 is 2.32 bits per heavy atom. The molecule has 7 nitrogen and oxygen atoms in total. The van der Waals surface area contributed by atoms with Gasteiger partial charge in [-0.05, 0) is 0 Å². The summed E-state index contributed by atoms with van der Waals surface area (Å²) < 4.78 is 6.99. The lowest BCUT2D eigenvalue weighted by Gasteiger charge is -2.07. The Morgan fingerprint density at radius 3 is 2.95 bits per heavy atom. The molecule has 2 aromatic heterocycles. The molecule has 2 rings (SSSR count). The number of imidazole rings is 1. The predicted molar refractivity (Wildman–Crippen MR) is 70.1 cm³/mol. The van der Waals surface area contributed by atoms with Crippen LogP contribution in [0.25, 0.3) is 11.2 Å². The zero-order valence-corrected chi connectivity index (χ0v) is 11.4. The maximum Gasteiger partial charge on any atom is 0.245 e. The van der Waals surface area contributed by atoms with Gasteiger partial charge in [0.05, 0.1) is 13.0 Å². The maximum absolute atomic E-state index is 10.9. The normalized spacial score (nSPS) is 10.7. The summed E-state index contributed by atoms with van der Waals surface area (Å²) in [6, 6.07) is 0. The first-order valence-electron chi connectivity index (χ1n) is 5.72. The van der Waals surface area contributed by atoms with E-state index in [1.54, 1.807) is 0 Å². The molecular weight excluding hydrogens is 270 g/mol. The molecular formula is C11H14ClN5O2. The van der Waals surface area contributed by atoms with Crippen molar-refractivity contribution in [2.45, 2.75) is 19.3 Å². The number of carbonyl (C=O) groups is 1. The first-order valence-corrected chi connectivity index (χ1v) is 6.25. The number of halogens is 1. The van der Waals surface area contributed by atoms with Crippen molar-refractivity contribution in [1.82, 2.24) is 24.8 Å². The molecule has 0 aromatic carbocycles. The summed E-state index contributed by atoms with van der Waals surface area (Å²) in [6.45, 7) is 2.50. The highest BCUT2D eigenvalue weighted by atomic mass is 35.5. The fourth-order valence-corrected chi connectivity index (χ4v) is 2.00. The molecule has 0 saturated heterocycles. The van der Waals surface area contributed by atoms with E-state index < -0.39 is 0 Å². The Balaban J connectivity index is 2.37. The molecule has 0 unspecified atom stereocenters. The van der Waals surface area contributed by atoms with Gasteiger partial charge in [-0.25, -0.2) is 9.97 Å². The lowest BCUT2D eigenvalue weighted by atomic mass is 10.5. The molecule has 8 heteroatoms. The van der Waals surface area contributed by atoms with Gasteiger partial charge in [0.25, 0.3) is 0 Å². The summed E-state index contributed by atoms with van der Waals surface area (Å²) in [4.78, 5) is 23.4. The topological polar surface area (TPSA) is 81.9 Å². The minimum atomic E-state index is -0.0796. The minimum Gasteiger partial charge on any atom is -0.479 e. The SMILES string of the molecule is COc1ncnc2c1nc(CCl)n2CCNC(C)=O. The van der Waals surface area contributed by atoms with Crippen LogP contribution in [-0.4, -0.2) is 39.1 Å². The molecule has 0 saturated carbocycles. The molecule has 0 atom stereocenters. The van der Waals surface area contributed by atoms with Gasteiger partial charge >= 0.3 is 0 Å². The van der Waals surface area contributed by atoms with Crippen LogP contribution in [0.5, 0.6) is 5.88 Å². The van der Waals surface area contributed by atoms with Crippen LogP contribution in [-0.2, 0) is 17.2 Å². The fourth-order valence-electron chi connectivity index (χ4n) is 1.79.